The maximum atomic E-state index is 12.9. The molecule has 3 nitrogen and oxygen atoms in total. The summed E-state index contributed by atoms with van der Waals surface area (Å²) in [6.45, 7) is 2.76. The number of benzene rings is 2. The van der Waals surface area contributed by atoms with Crippen LogP contribution in [0.3, 0.4) is 0 Å². The second-order valence-electron chi connectivity index (χ2n) is 5.99. The highest BCUT2D eigenvalue weighted by atomic mass is 16.5. The Bertz CT molecular complexity index is 654. The lowest BCUT2D eigenvalue weighted by molar-refractivity contribution is -0.123. The summed E-state index contributed by atoms with van der Waals surface area (Å²) >= 11 is 0. The average Bonchev–Trinajstić information content (AvgIpc) is 2.60. The van der Waals surface area contributed by atoms with Crippen LogP contribution in [0, 0.1) is 0 Å². The Morgan fingerprint density at radius 2 is 1.91 bits per heavy atom. The first-order valence-electron chi connectivity index (χ1n) is 8.36. The zero-order chi connectivity index (χ0) is 16.1. The predicted molar refractivity (Wildman–Crippen MR) is 91.5 cm³/mol. The molecule has 1 heterocycles. The van der Waals surface area contributed by atoms with Gasteiger partial charge in [-0.3, -0.25) is 4.79 Å². The molecule has 0 saturated heterocycles. The van der Waals surface area contributed by atoms with Crippen molar-refractivity contribution in [3.05, 3.63) is 65.7 Å². The van der Waals surface area contributed by atoms with Crippen LogP contribution < -0.4 is 10.1 Å². The molecule has 0 bridgehead atoms. The van der Waals surface area contributed by atoms with Gasteiger partial charge in [0, 0.05) is 12.0 Å². The molecule has 120 valence electrons. The summed E-state index contributed by atoms with van der Waals surface area (Å²) in [4.78, 5) is 12.9. The van der Waals surface area contributed by atoms with Crippen molar-refractivity contribution in [3.63, 3.8) is 0 Å². The standard InChI is InChI=1S/C20H23NO2/c1-2-8-16(15-9-4-3-5-10-15)20(22)21-18-13-14-23-19-12-7-6-11-17(18)19/h3-7,9-12,16,18H,2,8,13-14H2,1H3,(H,21,22). The molecule has 23 heavy (non-hydrogen) atoms. The van der Waals surface area contributed by atoms with Crippen molar-refractivity contribution in [1.82, 2.24) is 5.32 Å². The Labute approximate surface area is 137 Å². The third-order valence-corrected chi connectivity index (χ3v) is 4.37. The van der Waals surface area contributed by atoms with Gasteiger partial charge in [-0.2, -0.15) is 0 Å². The number of ether oxygens (including phenoxy) is 1. The van der Waals surface area contributed by atoms with Gasteiger partial charge in [0.2, 0.25) is 5.91 Å². The Morgan fingerprint density at radius 3 is 2.70 bits per heavy atom. The van der Waals surface area contributed by atoms with Crippen LogP contribution in [0.4, 0.5) is 0 Å². The molecule has 1 N–H and O–H groups in total. The van der Waals surface area contributed by atoms with E-state index in [4.69, 9.17) is 4.74 Å². The van der Waals surface area contributed by atoms with Gasteiger partial charge in [0.05, 0.1) is 18.6 Å². The number of para-hydroxylation sites is 1. The van der Waals surface area contributed by atoms with Gasteiger partial charge in [-0.25, -0.2) is 0 Å². The van der Waals surface area contributed by atoms with Crippen LogP contribution in [-0.4, -0.2) is 12.5 Å². The van der Waals surface area contributed by atoms with E-state index in [1.54, 1.807) is 0 Å². The van der Waals surface area contributed by atoms with Gasteiger partial charge in [0.15, 0.2) is 0 Å². The molecule has 2 unspecified atom stereocenters. The number of rotatable bonds is 5. The van der Waals surface area contributed by atoms with Gasteiger partial charge in [-0.05, 0) is 18.1 Å². The van der Waals surface area contributed by atoms with Crippen LogP contribution >= 0.6 is 0 Å². The second kappa shape index (κ2) is 7.32. The molecule has 0 spiro atoms. The van der Waals surface area contributed by atoms with Crippen LogP contribution in [0.2, 0.25) is 0 Å². The molecule has 3 heteroatoms. The molecular weight excluding hydrogens is 286 g/mol. The Balaban J connectivity index is 1.78. The lowest BCUT2D eigenvalue weighted by Crippen LogP contribution is -2.35. The minimum Gasteiger partial charge on any atom is -0.493 e. The number of fused-ring (bicyclic) bond motifs is 1. The number of amides is 1. The van der Waals surface area contributed by atoms with E-state index in [1.807, 2.05) is 54.6 Å². The summed E-state index contributed by atoms with van der Waals surface area (Å²) in [5.74, 6) is 0.909. The lowest BCUT2D eigenvalue weighted by Gasteiger charge is -2.28. The third-order valence-electron chi connectivity index (χ3n) is 4.37. The smallest absolute Gasteiger partial charge is 0.228 e. The molecule has 1 aliphatic heterocycles. The van der Waals surface area contributed by atoms with Gasteiger partial charge in [0.1, 0.15) is 5.75 Å². The van der Waals surface area contributed by atoms with Crippen molar-refractivity contribution in [2.45, 2.75) is 38.1 Å². The molecule has 0 aliphatic carbocycles. The van der Waals surface area contributed by atoms with Crippen molar-refractivity contribution in [2.75, 3.05) is 6.61 Å². The Morgan fingerprint density at radius 1 is 1.17 bits per heavy atom. The molecule has 1 aliphatic rings. The summed E-state index contributed by atoms with van der Waals surface area (Å²) in [5, 5.41) is 3.24. The molecule has 0 radical (unpaired) electrons. The topological polar surface area (TPSA) is 38.3 Å². The lowest BCUT2D eigenvalue weighted by atomic mass is 9.92. The van der Waals surface area contributed by atoms with Gasteiger partial charge in [-0.1, -0.05) is 61.9 Å². The molecule has 1 amide bonds. The van der Waals surface area contributed by atoms with Crippen LogP contribution in [0.25, 0.3) is 0 Å². The van der Waals surface area contributed by atoms with Gasteiger partial charge in [0.25, 0.3) is 0 Å². The summed E-state index contributed by atoms with van der Waals surface area (Å²) < 4.78 is 5.68. The average molecular weight is 309 g/mol. The number of hydrogen-bond donors (Lipinski definition) is 1. The highest BCUT2D eigenvalue weighted by molar-refractivity contribution is 5.84. The zero-order valence-electron chi connectivity index (χ0n) is 13.5. The van der Waals surface area contributed by atoms with Crippen molar-refractivity contribution in [2.24, 2.45) is 0 Å². The SMILES string of the molecule is CCCC(C(=O)NC1CCOc2ccccc21)c1ccccc1. The van der Waals surface area contributed by atoms with Gasteiger partial charge in [-0.15, -0.1) is 0 Å². The summed E-state index contributed by atoms with van der Waals surface area (Å²) in [5.41, 5.74) is 2.17. The van der Waals surface area contributed by atoms with Crippen LogP contribution in [0.5, 0.6) is 5.75 Å². The van der Waals surface area contributed by atoms with E-state index < -0.39 is 0 Å². The quantitative estimate of drug-likeness (QED) is 0.898. The number of hydrogen-bond acceptors (Lipinski definition) is 2. The third kappa shape index (κ3) is 3.55. The molecule has 2 aromatic rings. The number of nitrogens with one attached hydrogen (secondary N) is 1. The molecular formula is C20H23NO2. The van der Waals surface area contributed by atoms with Crippen molar-refractivity contribution in [3.8, 4) is 5.75 Å². The predicted octanol–water partition coefficient (Wildman–Crippen LogP) is 4.21. The fourth-order valence-corrected chi connectivity index (χ4v) is 3.19. The zero-order valence-corrected chi connectivity index (χ0v) is 13.5. The van der Waals surface area contributed by atoms with Gasteiger partial charge >= 0.3 is 0 Å². The van der Waals surface area contributed by atoms with Crippen LogP contribution in [0.15, 0.2) is 54.6 Å². The fourth-order valence-electron chi connectivity index (χ4n) is 3.19. The van der Waals surface area contributed by atoms with Crippen molar-refractivity contribution in [1.29, 1.82) is 0 Å². The molecule has 3 rings (SSSR count). The fraction of sp³-hybridized carbons (Fsp3) is 0.350. The van der Waals surface area contributed by atoms with E-state index in [2.05, 4.69) is 12.2 Å². The van der Waals surface area contributed by atoms with Crippen molar-refractivity contribution < 1.29 is 9.53 Å². The minimum atomic E-state index is -0.0868. The largest absolute Gasteiger partial charge is 0.493 e. The van der Waals surface area contributed by atoms with Crippen LogP contribution in [0.1, 0.15) is 49.3 Å². The first-order chi connectivity index (χ1) is 11.3. The van der Waals surface area contributed by atoms with E-state index in [0.29, 0.717) is 6.61 Å². The summed E-state index contributed by atoms with van der Waals surface area (Å²) in [6, 6.07) is 18.1. The monoisotopic (exact) mass is 309 g/mol. The highest BCUT2D eigenvalue weighted by Crippen LogP contribution is 2.32. The Kier molecular flexibility index (Phi) is 4.96. The minimum absolute atomic E-state index is 0.0375. The first-order valence-corrected chi connectivity index (χ1v) is 8.36. The molecule has 2 aromatic carbocycles. The Hall–Kier alpha value is -2.29. The molecule has 0 fully saturated rings. The molecule has 0 aromatic heterocycles. The maximum Gasteiger partial charge on any atom is 0.228 e. The summed E-state index contributed by atoms with van der Waals surface area (Å²) in [7, 11) is 0. The van der Waals surface area contributed by atoms with E-state index in [0.717, 1.165) is 36.1 Å². The van der Waals surface area contributed by atoms with Crippen LogP contribution in [-0.2, 0) is 4.79 Å². The number of carbonyl (C=O) groups is 1. The van der Waals surface area contributed by atoms with E-state index in [1.165, 1.54) is 0 Å². The van der Waals surface area contributed by atoms with Gasteiger partial charge < -0.3 is 10.1 Å². The summed E-state index contributed by atoms with van der Waals surface area (Å²) in [6.07, 6.45) is 2.66. The normalized spacial score (nSPS) is 17.7. The van der Waals surface area contributed by atoms with E-state index in [-0.39, 0.29) is 17.9 Å². The maximum absolute atomic E-state index is 12.9. The first kappa shape index (κ1) is 15.6. The van der Waals surface area contributed by atoms with E-state index in [9.17, 15) is 4.79 Å². The van der Waals surface area contributed by atoms with E-state index >= 15 is 0 Å². The number of carbonyl (C=O) groups excluding carboxylic acids is 1. The second-order valence-corrected chi connectivity index (χ2v) is 5.99. The van der Waals surface area contributed by atoms with Crippen molar-refractivity contribution >= 4 is 5.91 Å². The highest BCUT2D eigenvalue weighted by Gasteiger charge is 2.26. The molecule has 0 saturated carbocycles. The molecule has 2 atom stereocenters.